The minimum absolute atomic E-state index is 0.0908. The highest BCUT2D eigenvalue weighted by Gasteiger charge is 2.54. The summed E-state index contributed by atoms with van der Waals surface area (Å²) in [6, 6.07) is 3.95. The molecule has 2 N–H and O–H groups in total. The van der Waals surface area contributed by atoms with Crippen LogP contribution >= 0.6 is 0 Å². The topological polar surface area (TPSA) is 97.6 Å². The zero-order valence-electron chi connectivity index (χ0n) is 19.6. The lowest BCUT2D eigenvalue weighted by Crippen LogP contribution is -2.35. The molecule has 7 nitrogen and oxygen atoms in total. The van der Waals surface area contributed by atoms with Gasteiger partial charge in [0.2, 0.25) is 10.0 Å². The summed E-state index contributed by atoms with van der Waals surface area (Å²) in [5, 5.41) is 9.28. The fourth-order valence-electron chi connectivity index (χ4n) is 3.82. The van der Waals surface area contributed by atoms with Gasteiger partial charge in [0.1, 0.15) is 18.1 Å². The van der Waals surface area contributed by atoms with Gasteiger partial charge in [-0.05, 0) is 57.2 Å². The first-order chi connectivity index (χ1) is 16.2. The molecular formula is C23H28F4N2O5S. The second kappa shape index (κ2) is 9.90. The van der Waals surface area contributed by atoms with Crippen molar-refractivity contribution >= 4 is 15.7 Å². The predicted molar refractivity (Wildman–Crippen MR) is 122 cm³/mol. The van der Waals surface area contributed by atoms with Gasteiger partial charge in [0.25, 0.3) is 5.56 Å². The third kappa shape index (κ3) is 5.87. The summed E-state index contributed by atoms with van der Waals surface area (Å²) < 4.78 is 90.2. The summed E-state index contributed by atoms with van der Waals surface area (Å²) in [4.78, 5) is 12.9. The van der Waals surface area contributed by atoms with Gasteiger partial charge in [-0.25, -0.2) is 12.8 Å². The van der Waals surface area contributed by atoms with Crippen molar-refractivity contribution in [1.82, 2.24) is 4.57 Å². The summed E-state index contributed by atoms with van der Waals surface area (Å²) in [5.41, 5.74) is -3.79. The molecule has 1 saturated carbocycles. The highest BCUT2D eigenvalue weighted by atomic mass is 32.2. The number of hydrogen-bond acceptors (Lipinski definition) is 5. The number of aliphatic hydroxyl groups excluding tert-OH is 1. The van der Waals surface area contributed by atoms with Crippen molar-refractivity contribution in [3.8, 4) is 0 Å². The molecule has 0 bridgehead atoms. The minimum atomic E-state index is -5.16. The van der Waals surface area contributed by atoms with E-state index in [2.05, 4.69) is 4.72 Å². The second-order valence-corrected chi connectivity index (χ2v) is 11.1. The Kier molecular flexibility index (Phi) is 7.68. The number of hydrogen-bond donors (Lipinski definition) is 2. The molecule has 0 radical (unpaired) electrons. The fourth-order valence-corrected chi connectivity index (χ4v) is 5.51. The van der Waals surface area contributed by atoms with Gasteiger partial charge in [-0.3, -0.25) is 14.1 Å². The predicted octanol–water partition coefficient (Wildman–Crippen LogP) is 3.94. The van der Waals surface area contributed by atoms with Crippen LogP contribution in [0.2, 0.25) is 0 Å². The fraction of sp³-hybridized carbons (Fsp3) is 0.522. The average Bonchev–Trinajstić information content (AvgIpc) is 3.51. The van der Waals surface area contributed by atoms with Gasteiger partial charge in [0.05, 0.1) is 16.5 Å². The molecule has 0 saturated heterocycles. The molecule has 12 heteroatoms. The largest absolute Gasteiger partial charge is 0.422 e. The standard InChI is InChI=1S/C23H28F4N2O5S/c1-14(2)34-13-29-12-19(28-35(32,33)22(6-7-22)8-9-30)17(20(21(29)31)23(25,26)27)11-16-5-4-15(3)10-18(16)24/h4-5,10,12,14,28,30H,6-9,11,13H2,1-3H3. The van der Waals surface area contributed by atoms with Crippen LogP contribution in [0.3, 0.4) is 0 Å². The van der Waals surface area contributed by atoms with E-state index in [4.69, 9.17) is 4.74 Å². The van der Waals surface area contributed by atoms with Crippen LogP contribution in [0.4, 0.5) is 23.2 Å². The molecule has 194 valence electrons. The van der Waals surface area contributed by atoms with Crippen molar-refractivity contribution in [1.29, 1.82) is 0 Å². The molecule has 0 unspecified atom stereocenters. The first-order valence-electron chi connectivity index (χ1n) is 11.0. The molecule has 0 atom stereocenters. The van der Waals surface area contributed by atoms with Crippen molar-refractivity contribution < 1.29 is 35.8 Å². The number of nitrogens with one attached hydrogen (secondary N) is 1. The lowest BCUT2D eigenvalue weighted by Gasteiger charge is -2.23. The number of ether oxygens (including phenoxy) is 1. The number of aromatic nitrogens is 1. The van der Waals surface area contributed by atoms with E-state index in [0.717, 1.165) is 12.3 Å². The summed E-state index contributed by atoms with van der Waals surface area (Å²) >= 11 is 0. The summed E-state index contributed by atoms with van der Waals surface area (Å²) in [7, 11) is -4.25. The van der Waals surface area contributed by atoms with E-state index in [9.17, 15) is 35.9 Å². The van der Waals surface area contributed by atoms with Crippen molar-refractivity contribution in [3.63, 3.8) is 0 Å². The number of nitrogens with zero attached hydrogens (tertiary/aromatic N) is 1. The zero-order valence-corrected chi connectivity index (χ0v) is 20.4. The van der Waals surface area contributed by atoms with E-state index >= 15 is 0 Å². The van der Waals surface area contributed by atoms with Gasteiger partial charge >= 0.3 is 6.18 Å². The average molecular weight is 521 g/mol. The van der Waals surface area contributed by atoms with E-state index in [1.807, 2.05) is 0 Å². The van der Waals surface area contributed by atoms with Crippen LogP contribution in [0.5, 0.6) is 0 Å². The maximum atomic E-state index is 14.6. The van der Waals surface area contributed by atoms with Crippen LogP contribution < -0.4 is 10.3 Å². The van der Waals surface area contributed by atoms with Crippen LogP contribution in [-0.2, 0) is 34.1 Å². The van der Waals surface area contributed by atoms with Gasteiger partial charge in [-0.15, -0.1) is 0 Å². The molecule has 0 aliphatic heterocycles. The minimum Gasteiger partial charge on any atom is -0.396 e. The summed E-state index contributed by atoms with van der Waals surface area (Å²) in [6.07, 6.45) is -4.93. The number of benzene rings is 1. The molecule has 3 rings (SSSR count). The second-order valence-electron chi connectivity index (χ2n) is 9.05. The first kappa shape index (κ1) is 27.2. The Morgan fingerprint density at radius 1 is 1.26 bits per heavy atom. The molecule has 35 heavy (non-hydrogen) atoms. The Morgan fingerprint density at radius 3 is 2.43 bits per heavy atom. The number of aliphatic hydroxyl groups is 1. The van der Waals surface area contributed by atoms with E-state index < -0.39 is 75.0 Å². The first-order valence-corrected chi connectivity index (χ1v) is 12.5. The van der Waals surface area contributed by atoms with Gasteiger partial charge in [-0.1, -0.05) is 12.1 Å². The Hall–Kier alpha value is -2.44. The van der Waals surface area contributed by atoms with E-state index in [0.29, 0.717) is 10.1 Å². The van der Waals surface area contributed by atoms with Gasteiger partial charge in [0.15, 0.2) is 0 Å². The highest BCUT2D eigenvalue weighted by Crippen LogP contribution is 2.47. The molecule has 1 aliphatic rings. The Labute approximate surface area is 200 Å². The van der Waals surface area contributed by atoms with E-state index in [-0.39, 0.29) is 24.8 Å². The molecule has 1 heterocycles. The van der Waals surface area contributed by atoms with Crippen molar-refractivity contribution in [2.45, 2.75) is 70.2 Å². The highest BCUT2D eigenvalue weighted by molar-refractivity contribution is 7.94. The van der Waals surface area contributed by atoms with Crippen molar-refractivity contribution in [3.05, 3.63) is 62.8 Å². The monoisotopic (exact) mass is 520 g/mol. The van der Waals surface area contributed by atoms with Crippen LogP contribution in [-0.4, -0.2) is 35.5 Å². The number of alkyl halides is 3. The Morgan fingerprint density at radius 2 is 1.91 bits per heavy atom. The number of rotatable bonds is 10. The number of pyridine rings is 1. The van der Waals surface area contributed by atoms with Crippen LogP contribution in [0.1, 0.15) is 55.4 Å². The molecule has 1 aromatic carbocycles. The lowest BCUT2D eigenvalue weighted by molar-refractivity contribution is -0.139. The molecule has 0 amide bonds. The van der Waals surface area contributed by atoms with E-state index in [1.54, 1.807) is 20.8 Å². The quantitative estimate of drug-likeness (QED) is 0.463. The number of aryl methyl sites for hydroxylation is 1. The lowest BCUT2D eigenvalue weighted by atomic mass is 9.98. The SMILES string of the molecule is Cc1ccc(Cc2c(NS(=O)(=O)C3(CCO)CC3)cn(COC(C)C)c(=O)c2C(F)(F)F)c(F)c1. The normalized spacial score (nSPS) is 15.5. The number of sulfonamides is 1. The van der Waals surface area contributed by atoms with Crippen LogP contribution in [0, 0.1) is 12.7 Å². The molecular weight excluding hydrogens is 492 g/mol. The molecule has 1 aliphatic carbocycles. The molecule has 0 spiro atoms. The zero-order chi connectivity index (χ0) is 26.2. The number of anilines is 1. The summed E-state index contributed by atoms with van der Waals surface area (Å²) in [5.74, 6) is -0.779. The number of halogens is 4. The van der Waals surface area contributed by atoms with Crippen LogP contribution in [0.15, 0.2) is 29.2 Å². The Balaban J connectivity index is 2.23. The molecule has 1 aromatic heterocycles. The Bertz CT molecular complexity index is 1250. The third-order valence-corrected chi connectivity index (χ3v) is 8.22. The summed E-state index contributed by atoms with van der Waals surface area (Å²) in [6.45, 7) is 3.89. The van der Waals surface area contributed by atoms with E-state index in [1.165, 1.54) is 12.1 Å². The smallest absolute Gasteiger partial charge is 0.396 e. The maximum absolute atomic E-state index is 14.6. The molecule has 2 aromatic rings. The third-order valence-electron chi connectivity index (χ3n) is 5.98. The molecule has 1 fully saturated rings. The van der Waals surface area contributed by atoms with Crippen molar-refractivity contribution in [2.24, 2.45) is 0 Å². The van der Waals surface area contributed by atoms with Gasteiger partial charge in [0, 0.05) is 24.8 Å². The van der Waals surface area contributed by atoms with Gasteiger partial charge < -0.3 is 9.84 Å². The van der Waals surface area contributed by atoms with Gasteiger partial charge in [-0.2, -0.15) is 13.2 Å². The maximum Gasteiger partial charge on any atom is 0.422 e. The van der Waals surface area contributed by atoms with Crippen LogP contribution in [0.25, 0.3) is 0 Å². The van der Waals surface area contributed by atoms with Crippen molar-refractivity contribution in [2.75, 3.05) is 11.3 Å².